The lowest BCUT2D eigenvalue weighted by Gasteiger charge is -2.28. The summed E-state index contributed by atoms with van der Waals surface area (Å²) in [4.78, 5) is 0. The molecule has 0 saturated heterocycles. The van der Waals surface area contributed by atoms with Gasteiger partial charge in [0.15, 0.2) is 0 Å². The maximum absolute atomic E-state index is 9.65. The Balaban J connectivity index is 1.94. The largest absolute Gasteiger partial charge is 0.508 e. The van der Waals surface area contributed by atoms with Crippen molar-refractivity contribution in [2.45, 2.75) is 32.2 Å². The first-order chi connectivity index (χ1) is 10.0. The van der Waals surface area contributed by atoms with E-state index in [1.165, 1.54) is 16.7 Å². The summed E-state index contributed by atoms with van der Waals surface area (Å²) in [5.74, 6) is 0.354. The van der Waals surface area contributed by atoms with E-state index in [9.17, 15) is 5.11 Å². The highest BCUT2D eigenvalue weighted by molar-refractivity contribution is 9.11. The van der Waals surface area contributed by atoms with E-state index in [4.69, 9.17) is 0 Å². The topological polar surface area (TPSA) is 32.3 Å². The summed E-state index contributed by atoms with van der Waals surface area (Å²) >= 11 is 7.29. The first-order valence-corrected chi connectivity index (χ1v) is 8.67. The van der Waals surface area contributed by atoms with E-state index in [0.717, 1.165) is 33.9 Å². The zero-order valence-electron chi connectivity index (χ0n) is 11.8. The predicted molar refractivity (Wildman–Crippen MR) is 94.0 cm³/mol. The number of fused-ring (bicyclic) bond motifs is 1. The molecule has 2 aromatic rings. The van der Waals surface area contributed by atoms with Gasteiger partial charge < -0.3 is 10.4 Å². The number of phenolic OH excluding ortho intramolecular Hbond substituents is 1. The second-order valence-electron chi connectivity index (χ2n) is 5.58. The first kappa shape index (κ1) is 14.9. The van der Waals surface area contributed by atoms with Gasteiger partial charge in [-0.2, -0.15) is 0 Å². The Labute approximate surface area is 141 Å². The highest BCUT2D eigenvalue weighted by Gasteiger charge is 2.21. The Morgan fingerprint density at radius 1 is 1.14 bits per heavy atom. The second-order valence-corrected chi connectivity index (χ2v) is 7.28. The molecule has 0 saturated carbocycles. The van der Waals surface area contributed by atoms with E-state index in [0.29, 0.717) is 5.75 Å². The summed E-state index contributed by atoms with van der Waals surface area (Å²) in [6.07, 6.45) is 3.28. The van der Waals surface area contributed by atoms with Crippen LogP contribution in [-0.2, 0) is 6.42 Å². The molecular formula is C17H17Br2NO. The molecule has 110 valence electrons. The van der Waals surface area contributed by atoms with Crippen LogP contribution in [-0.4, -0.2) is 5.11 Å². The number of halogens is 2. The number of aryl methyl sites for hydroxylation is 2. The van der Waals surface area contributed by atoms with Crippen LogP contribution in [0.25, 0.3) is 0 Å². The fourth-order valence-electron chi connectivity index (χ4n) is 2.96. The Hall–Kier alpha value is -1.00. The van der Waals surface area contributed by atoms with Gasteiger partial charge in [-0.1, -0.05) is 6.07 Å². The van der Waals surface area contributed by atoms with Crippen LogP contribution in [0.5, 0.6) is 5.75 Å². The molecule has 0 fully saturated rings. The molecule has 3 rings (SSSR count). The summed E-state index contributed by atoms with van der Waals surface area (Å²) in [6, 6.07) is 10.2. The van der Waals surface area contributed by atoms with Crippen molar-refractivity contribution in [2.75, 3.05) is 5.32 Å². The molecular weight excluding hydrogens is 394 g/mol. The number of benzene rings is 2. The highest BCUT2D eigenvalue weighted by atomic mass is 79.9. The van der Waals surface area contributed by atoms with E-state index < -0.39 is 0 Å². The lowest BCUT2D eigenvalue weighted by molar-refractivity contribution is 0.472. The van der Waals surface area contributed by atoms with Crippen molar-refractivity contribution in [1.29, 1.82) is 0 Å². The number of aromatic hydroxyl groups is 1. The van der Waals surface area contributed by atoms with Crippen LogP contribution in [0.2, 0.25) is 0 Å². The lowest BCUT2D eigenvalue weighted by atomic mass is 9.87. The molecule has 0 aromatic heterocycles. The van der Waals surface area contributed by atoms with E-state index >= 15 is 0 Å². The quantitative estimate of drug-likeness (QED) is 0.663. The maximum Gasteiger partial charge on any atom is 0.115 e. The average Bonchev–Trinajstić information content (AvgIpc) is 2.42. The van der Waals surface area contributed by atoms with Gasteiger partial charge in [0.25, 0.3) is 0 Å². The Morgan fingerprint density at radius 3 is 2.57 bits per heavy atom. The molecule has 0 aliphatic heterocycles. The molecule has 2 nitrogen and oxygen atoms in total. The van der Waals surface area contributed by atoms with Crippen molar-refractivity contribution in [3.63, 3.8) is 0 Å². The van der Waals surface area contributed by atoms with Crippen molar-refractivity contribution >= 4 is 37.5 Å². The standard InChI is InChI=1S/C17H17Br2NO/c1-10-7-14(18)17(15(19)8-10)20-16-4-2-3-11-9-12(21)5-6-13(11)16/h5-9,16,20-21H,2-4H2,1H3. The Kier molecular flexibility index (Phi) is 4.27. The SMILES string of the molecule is Cc1cc(Br)c(NC2CCCc3cc(O)ccc32)c(Br)c1. The minimum atomic E-state index is 0.282. The summed E-state index contributed by atoms with van der Waals surface area (Å²) in [5, 5.41) is 13.3. The van der Waals surface area contributed by atoms with Crippen molar-refractivity contribution in [2.24, 2.45) is 0 Å². The third-order valence-electron chi connectivity index (χ3n) is 3.95. The smallest absolute Gasteiger partial charge is 0.115 e. The number of nitrogens with one attached hydrogen (secondary N) is 1. The van der Waals surface area contributed by atoms with Crippen molar-refractivity contribution < 1.29 is 5.11 Å². The van der Waals surface area contributed by atoms with Gasteiger partial charge in [0.1, 0.15) is 5.75 Å². The third kappa shape index (κ3) is 3.11. The molecule has 1 aliphatic rings. The number of hydrogen-bond donors (Lipinski definition) is 2. The van der Waals surface area contributed by atoms with Crippen molar-refractivity contribution in [3.8, 4) is 5.75 Å². The van der Waals surface area contributed by atoms with Gasteiger partial charge in [0, 0.05) is 8.95 Å². The molecule has 0 heterocycles. The van der Waals surface area contributed by atoms with Crippen LogP contribution in [0.15, 0.2) is 39.3 Å². The van der Waals surface area contributed by atoms with Gasteiger partial charge in [0.05, 0.1) is 11.7 Å². The Bertz CT molecular complexity index is 661. The molecule has 21 heavy (non-hydrogen) atoms. The molecule has 0 bridgehead atoms. The lowest BCUT2D eigenvalue weighted by Crippen LogP contribution is -2.17. The monoisotopic (exact) mass is 409 g/mol. The summed E-state index contributed by atoms with van der Waals surface area (Å²) in [5.41, 5.74) is 4.84. The average molecular weight is 411 g/mol. The van der Waals surface area contributed by atoms with Crippen molar-refractivity contribution in [1.82, 2.24) is 0 Å². The number of hydrogen-bond acceptors (Lipinski definition) is 2. The molecule has 0 spiro atoms. The van der Waals surface area contributed by atoms with Crippen LogP contribution < -0.4 is 5.32 Å². The number of rotatable bonds is 2. The minimum Gasteiger partial charge on any atom is -0.508 e. The molecule has 1 atom stereocenters. The Morgan fingerprint density at radius 2 is 1.86 bits per heavy atom. The molecule has 1 unspecified atom stereocenters. The third-order valence-corrected chi connectivity index (χ3v) is 5.20. The fraction of sp³-hybridized carbons (Fsp3) is 0.294. The molecule has 0 radical (unpaired) electrons. The van der Waals surface area contributed by atoms with E-state index in [2.05, 4.69) is 56.2 Å². The van der Waals surface area contributed by atoms with Crippen LogP contribution in [0, 0.1) is 6.92 Å². The van der Waals surface area contributed by atoms with Gasteiger partial charge in [-0.3, -0.25) is 0 Å². The second kappa shape index (κ2) is 6.01. The maximum atomic E-state index is 9.65. The summed E-state index contributed by atoms with van der Waals surface area (Å²) in [7, 11) is 0. The number of phenols is 1. The van der Waals surface area contributed by atoms with Crippen LogP contribution in [0.3, 0.4) is 0 Å². The molecule has 1 aliphatic carbocycles. The van der Waals surface area contributed by atoms with E-state index in [-0.39, 0.29) is 6.04 Å². The van der Waals surface area contributed by atoms with Gasteiger partial charge >= 0.3 is 0 Å². The summed E-state index contributed by atoms with van der Waals surface area (Å²) in [6.45, 7) is 2.08. The highest BCUT2D eigenvalue weighted by Crippen LogP contribution is 2.39. The van der Waals surface area contributed by atoms with E-state index in [1.54, 1.807) is 6.07 Å². The minimum absolute atomic E-state index is 0.282. The van der Waals surface area contributed by atoms with Gasteiger partial charge in [0.2, 0.25) is 0 Å². The first-order valence-electron chi connectivity index (χ1n) is 7.08. The molecule has 4 heteroatoms. The van der Waals surface area contributed by atoms with Gasteiger partial charge in [-0.25, -0.2) is 0 Å². The summed E-state index contributed by atoms with van der Waals surface area (Å²) < 4.78 is 2.14. The van der Waals surface area contributed by atoms with E-state index in [1.807, 2.05) is 12.1 Å². The van der Waals surface area contributed by atoms with Crippen molar-refractivity contribution in [3.05, 3.63) is 56.0 Å². The van der Waals surface area contributed by atoms with Crippen LogP contribution in [0.4, 0.5) is 5.69 Å². The number of anilines is 1. The molecule has 2 N–H and O–H groups in total. The fourth-order valence-corrected chi connectivity index (χ4v) is 4.61. The molecule has 0 amide bonds. The normalized spacial score (nSPS) is 17.4. The predicted octanol–water partition coefficient (Wildman–Crippen LogP) is 5.72. The zero-order chi connectivity index (χ0) is 15.0. The zero-order valence-corrected chi connectivity index (χ0v) is 15.0. The van der Waals surface area contributed by atoms with Gasteiger partial charge in [-0.15, -0.1) is 0 Å². The molecule has 2 aromatic carbocycles. The van der Waals surface area contributed by atoms with Crippen LogP contribution in [0.1, 0.15) is 35.6 Å². The van der Waals surface area contributed by atoms with Gasteiger partial charge in [-0.05, 0) is 99.0 Å². The van der Waals surface area contributed by atoms with Crippen LogP contribution >= 0.6 is 31.9 Å².